The average Bonchev–Trinajstić information content (AvgIpc) is 3.01. The van der Waals surface area contributed by atoms with Gasteiger partial charge in [0, 0.05) is 35.0 Å². The van der Waals surface area contributed by atoms with Gasteiger partial charge in [-0.25, -0.2) is 0 Å². The summed E-state index contributed by atoms with van der Waals surface area (Å²) in [4.78, 5) is 30.8. The lowest BCUT2D eigenvalue weighted by Gasteiger charge is -2.45. The number of esters is 2. The Morgan fingerprint density at radius 2 is 1.00 bits per heavy atom. The Bertz CT molecular complexity index is 1200. The number of hydrogen-bond donors (Lipinski definition) is 0. The average molecular weight is 579 g/mol. The second kappa shape index (κ2) is 11.9. The van der Waals surface area contributed by atoms with Crippen molar-refractivity contribution < 1.29 is 19.1 Å². The second-order valence-corrected chi connectivity index (χ2v) is 15.6. The molecule has 0 amide bonds. The van der Waals surface area contributed by atoms with Crippen LogP contribution in [0.15, 0.2) is 36.4 Å². The topological polar surface area (TPSA) is 59.1 Å². The van der Waals surface area contributed by atoms with Crippen LogP contribution in [0.4, 0.5) is 0 Å². The highest BCUT2D eigenvalue weighted by molar-refractivity contribution is 5.87. The molecule has 0 aromatic heterocycles. The third kappa shape index (κ3) is 7.55. The Kier molecular flexibility index (Phi) is 9.21. The van der Waals surface area contributed by atoms with Crippen LogP contribution in [0.25, 0.3) is 10.8 Å². The van der Waals surface area contributed by atoms with Crippen molar-refractivity contribution in [2.24, 2.45) is 11.8 Å². The van der Waals surface area contributed by atoms with E-state index in [1.807, 2.05) is 36.4 Å². The smallest absolute Gasteiger partial charge is 0.311 e. The number of carbonyl (C=O) groups is 2. The van der Waals surface area contributed by atoms with Gasteiger partial charge >= 0.3 is 11.9 Å². The first kappa shape index (κ1) is 32.5. The maximum Gasteiger partial charge on any atom is 0.311 e. The lowest BCUT2D eigenvalue weighted by atomic mass is 9.87. The first-order valence-electron chi connectivity index (χ1n) is 15.8. The van der Waals surface area contributed by atoms with Crippen molar-refractivity contribution >= 4 is 22.7 Å². The van der Waals surface area contributed by atoms with Crippen molar-refractivity contribution in [3.8, 4) is 11.5 Å². The third-order valence-corrected chi connectivity index (χ3v) is 10.7. The van der Waals surface area contributed by atoms with Crippen molar-refractivity contribution in [3.05, 3.63) is 36.4 Å². The minimum Gasteiger partial charge on any atom is -0.426 e. The van der Waals surface area contributed by atoms with Gasteiger partial charge in [0.25, 0.3) is 0 Å². The number of nitrogens with zero attached hydrogens (tertiary/aromatic N) is 2. The summed E-state index contributed by atoms with van der Waals surface area (Å²) in [7, 11) is 4.39. The fourth-order valence-electron chi connectivity index (χ4n) is 7.47. The van der Waals surface area contributed by atoms with E-state index in [0.29, 0.717) is 36.2 Å². The maximum absolute atomic E-state index is 12.9. The SMILES string of the molecule is CN1C(C)(C)CCC(CC(=O)Oc2ccc3cc(OC(=O)CC4CCC(C)(C)N(C)C(C)(C)C4)ccc3c2)CC1(C)C. The van der Waals surface area contributed by atoms with Crippen LogP contribution in [0.5, 0.6) is 11.5 Å². The number of likely N-dealkylation sites (tertiary alicyclic amines) is 2. The molecule has 0 aliphatic carbocycles. The third-order valence-electron chi connectivity index (χ3n) is 10.7. The molecule has 2 unspecified atom stereocenters. The molecule has 6 nitrogen and oxygen atoms in total. The summed E-state index contributed by atoms with van der Waals surface area (Å²) in [5, 5.41) is 1.88. The predicted molar refractivity (Wildman–Crippen MR) is 171 cm³/mol. The van der Waals surface area contributed by atoms with E-state index in [1.165, 1.54) is 0 Å². The molecule has 2 aliphatic rings. The van der Waals surface area contributed by atoms with Crippen molar-refractivity contribution in [1.82, 2.24) is 9.80 Å². The van der Waals surface area contributed by atoms with Crippen LogP contribution < -0.4 is 9.47 Å². The highest BCUT2D eigenvalue weighted by atomic mass is 16.5. The molecule has 2 heterocycles. The molecule has 0 radical (unpaired) electrons. The molecular formula is C36H54N2O4. The molecule has 2 saturated heterocycles. The van der Waals surface area contributed by atoms with Crippen LogP contribution in [0.1, 0.15) is 107 Å². The molecular weight excluding hydrogens is 524 g/mol. The molecule has 2 atom stereocenters. The molecule has 2 aromatic rings. The van der Waals surface area contributed by atoms with E-state index in [2.05, 4.69) is 79.3 Å². The summed E-state index contributed by atoms with van der Waals surface area (Å²) in [5.41, 5.74) is 0.256. The highest BCUT2D eigenvalue weighted by Crippen LogP contribution is 2.40. The van der Waals surface area contributed by atoms with Gasteiger partial charge in [0.1, 0.15) is 11.5 Å². The van der Waals surface area contributed by atoms with Crippen molar-refractivity contribution in [3.63, 3.8) is 0 Å². The van der Waals surface area contributed by atoms with Crippen LogP contribution in [-0.4, -0.2) is 58.0 Å². The van der Waals surface area contributed by atoms with Gasteiger partial charge in [-0.05, 0) is 155 Å². The molecule has 0 saturated carbocycles. The van der Waals surface area contributed by atoms with Crippen LogP contribution in [0.3, 0.4) is 0 Å². The van der Waals surface area contributed by atoms with Crippen LogP contribution in [-0.2, 0) is 9.59 Å². The highest BCUT2D eigenvalue weighted by Gasteiger charge is 2.41. The molecule has 2 aliphatic heterocycles. The molecule has 232 valence electrons. The Morgan fingerprint density at radius 1 is 0.643 bits per heavy atom. The zero-order valence-corrected chi connectivity index (χ0v) is 27.8. The quantitative estimate of drug-likeness (QED) is 0.256. The molecule has 2 fully saturated rings. The van der Waals surface area contributed by atoms with E-state index in [-0.39, 0.29) is 34.1 Å². The van der Waals surface area contributed by atoms with Crippen LogP contribution in [0.2, 0.25) is 0 Å². The van der Waals surface area contributed by atoms with Crippen LogP contribution >= 0.6 is 0 Å². The van der Waals surface area contributed by atoms with E-state index < -0.39 is 0 Å². The predicted octanol–water partition coefficient (Wildman–Crippen LogP) is 8.01. The van der Waals surface area contributed by atoms with Gasteiger partial charge in [0.15, 0.2) is 0 Å². The number of rotatable bonds is 6. The number of benzene rings is 2. The Morgan fingerprint density at radius 3 is 1.36 bits per heavy atom. The first-order valence-corrected chi connectivity index (χ1v) is 15.8. The van der Waals surface area contributed by atoms with Gasteiger partial charge in [0.2, 0.25) is 0 Å². The zero-order chi connectivity index (χ0) is 31.1. The molecule has 2 aromatic carbocycles. The monoisotopic (exact) mass is 578 g/mol. The standard InChI is InChI=1S/C36H54N2O4/c1-33(2)17-15-25(23-35(5,6)37(33)9)19-31(39)41-29-13-11-28-22-30(14-12-27(28)21-29)42-32(40)20-26-16-18-34(3,4)38(10)36(7,8)24-26/h11-14,21-22,25-26H,15-20,23-24H2,1-10H3. The van der Waals surface area contributed by atoms with E-state index in [9.17, 15) is 9.59 Å². The summed E-state index contributed by atoms with van der Waals surface area (Å²) in [5.74, 6) is 1.33. The first-order chi connectivity index (χ1) is 19.4. The van der Waals surface area contributed by atoms with E-state index >= 15 is 0 Å². The number of carbonyl (C=O) groups excluding carboxylic acids is 2. The summed E-state index contributed by atoms with van der Waals surface area (Å²) in [6.45, 7) is 18.2. The van der Waals surface area contributed by atoms with Gasteiger partial charge in [-0.3, -0.25) is 19.4 Å². The molecule has 0 N–H and O–H groups in total. The van der Waals surface area contributed by atoms with Crippen molar-refractivity contribution in [2.75, 3.05) is 14.1 Å². The Labute approximate surface area is 254 Å². The Hall–Kier alpha value is -2.44. The Balaban J connectivity index is 1.35. The number of hydrogen-bond acceptors (Lipinski definition) is 6. The normalized spacial score (nSPS) is 25.8. The van der Waals surface area contributed by atoms with Crippen molar-refractivity contribution in [1.29, 1.82) is 0 Å². The number of ether oxygens (including phenoxy) is 2. The lowest BCUT2D eigenvalue weighted by Crippen LogP contribution is -2.51. The summed E-state index contributed by atoms with van der Waals surface area (Å²) >= 11 is 0. The molecule has 42 heavy (non-hydrogen) atoms. The van der Waals surface area contributed by atoms with Gasteiger partial charge in [-0.15, -0.1) is 0 Å². The minimum atomic E-state index is -0.181. The van der Waals surface area contributed by atoms with E-state index in [4.69, 9.17) is 9.47 Å². The molecule has 0 spiro atoms. The van der Waals surface area contributed by atoms with Gasteiger partial charge in [-0.2, -0.15) is 0 Å². The fourth-order valence-corrected chi connectivity index (χ4v) is 7.47. The summed E-state index contributed by atoms with van der Waals surface area (Å²) in [6, 6.07) is 11.3. The zero-order valence-electron chi connectivity index (χ0n) is 27.8. The molecule has 4 rings (SSSR count). The van der Waals surface area contributed by atoms with Crippen LogP contribution in [0, 0.1) is 11.8 Å². The second-order valence-electron chi connectivity index (χ2n) is 15.6. The van der Waals surface area contributed by atoms with Gasteiger partial charge in [-0.1, -0.05) is 12.1 Å². The van der Waals surface area contributed by atoms with E-state index in [0.717, 1.165) is 49.3 Å². The maximum atomic E-state index is 12.9. The van der Waals surface area contributed by atoms with E-state index in [1.54, 1.807) is 0 Å². The fraction of sp³-hybridized carbons (Fsp3) is 0.667. The molecule has 6 heteroatoms. The summed E-state index contributed by atoms with van der Waals surface area (Å²) < 4.78 is 11.6. The van der Waals surface area contributed by atoms with Gasteiger partial charge in [0.05, 0.1) is 0 Å². The minimum absolute atomic E-state index is 0.0228. The molecule has 0 bridgehead atoms. The summed E-state index contributed by atoms with van der Waals surface area (Å²) in [6.07, 6.45) is 6.93. The largest absolute Gasteiger partial charge is 0.426 e. The van der Waals surface area contributed by atoms with Crippen molar-refractivity contribution in [2.45, 2.75) is 129 Å². The van der Waals surface area contributed by atoms with Gasteiger partial charge < -0.3 is 9.47 Å². The lowest BCUT2D eigenvalue weighted by molar-refractivity contribution is -0.136. The number of fused-ring (bicyclic) bond motifs is 1.